The molecule has 4 aromatic rings. The van der Waals surface area contributed by atoms with Crippen molar-refractivity contribution in [2.45, 2.75) is 20.0 Å². The first-order valence-electron chi connectivity index (χ1n) is 10.4. The Hall–Kier alpha value is -4.20. The first kappa shape index (κ1) is 22.0. The summed E-state index contributed by atoms with van der Waals surface area (Å²) in [7, 11) is 1.57. The Kier molecular flexibility index (Phi) is 6.35. The number of nitrogens with zero attached hydrogens (tertiary/aromatic N) is 3. The molecule has 3 aromatic carbocycles. The Morgan fingerprint density at radius 2 is 1.79 bits per heavy atom. The molecule has 7 nitrogen and oxygen atoms in total. The van der Waals surface area contributed by atoms with E-state index in [0.29, 0.717) is 34.1 Å². The number of methoxy groups -OCH3 is 1. The molecule has 168 valence electrons. The van der Waals surface area contributed by atoms with E-state index < -0.39 is 0 Å². The summed E-state index contributed by atoms with van der Waals surface area (Å²) in [6.07, 6.45) is -0.128. The molecule has 0 aliphatic rings. The molecular weight excluding hydrogens is 423 g/mol. The van der Waals surface area contributed by atoms with Crippen molar-refractivity contribution in [1.82, 2.24) is 14.8 Å². The Labute approximate surface area is 190 Å². The summed E-state index contributed by atoms with van der Waals surface area (Å²) in [5.74, 6) is 0.448. The maximum Gasteiger partial charge on any atom is 0.336 e. The fraction of sp³-hybridized carbons (Fsp3) is 0.160. The van der Waals surface area contributed by atoms with Gasteiger partial charge in [0.1, 0.15) is 11.6 Å². The molecule has 0 aliphatic heterocycles. The second-order valence-corrected chi connectivity index (χ2v) is 7.54. The highest BCUT2D eigenvalue weighted by atomic mass is 19.1. The predicted molar refractivity (Wildman–Crippen MR) is 123 cm³/mol. The first-order valence-corrected chi connectivity index (χ1v) is 10.4. The average molecular weight is 446 g/mol. The third-order valence-electron chi connectivity index (χ3n) is 4.71. The van der Waals surface area contributed by atoms with E-state index in [9.17, 15) is 9.18 Å². The number of carbonyl (C=O) groups excluding carboxylic acids is 1. The van der Waals surface area contributed by atoms with E-state index in [2.05, 4.69) is 15.4 Å². The van der Waals surface area contributed by atoms with Gasteiger partial charge in [-0.25, -0.2) is 9.07 Å². The predicted octanol–water partition coefficient (Wildman–Crippen LogP) is 5.12. The standard InChI is InChI=1S/C25H23FN4O3/c1-16(2)33-25-28-23(18-6-4-7-19(26)14-18)30(29-25)21-9-5-8-20(15-21)27-24(31)17-10-12-22(32-3)13-11-17/h4-16H,1-3H3,(H,27,31). The van der Waals surface area contributed by atoms with Crippen molar-refractivity contribution in [3.05, 3.63) is 84.2 Å². The van der Waals surface area contributed by atoms with Gasteiger partial charge in [0.05, 0.1) is 18.9 Å². The Bertz CT molecular complexity index is 1270. The van der Waals surface area contributed by atoms with Crippen LogP contribution in [0.5, 0.6) is 11.8 Å². The zero-order chi connectivity index (χ0) is 23.4. The molecule has 0 unspecified atom stereocenters. The quantitative estimate of drug-likeness (QED) is 0.426. The smallest absolute Gasteiger partial charge is 0.336 e. The van der Waals surface area contributed by atoms with Crippen molar-refractivity contribution in [3.63, 3.8) is 0 Å². The monoisotopic (exact) mass is 446 g/mol. The molecule has 33 heavy (non-hydrogen) atoms. The molecule has 4 rings (SSSR count). The highest BCUT2D eigenvalue weighted by Crippen LogP contribution is 2.26. The maximum atomic E-state index is 13.9. The summed E-state index contributed by atoms with van der Waals surface area (Å²) in [6, 6.07) is 20.3. The summed E-state index contributed by atoms with van der Waals surface area (Å²) >= 11 is 0. The van der Waals surface area contributed by atoms with Gasteiger partial charge in [0.15, 0.2) is 5.82 Å². The minimum atomic E-state index is -0.381. The van der Waals surface area contributed by atoms with Crippen LogP contribution in [0.4, 0.5) is 10.1 Å². The van der Waals surface area contributed by atoms with Crippen LogP contribution < -0.4 is 14.8 Å². The van der Waals surface area contributed by atoms with Crippen LogP contribution in [0.3, 0.4) is 0 Å². The number of amides is 1. The van der Waals surface area contributed by atoms with Gasteiger partial charge in [-0.3, -0.25) is 4.79 Å². The molecule has 1 heterocycles. The van der Waals surface area contributed by atoms with Crippen molar-refractivity contribution in [3.8, 4) is 28.8 Å². The molecule has 0 aliphatic carbocycles. The summed E-state index contributed by atoms with van der Waals surface area (Å²) in [5.41, 5.74) is 2.25. The van der Waals surface area contributed by atoms with Crippen molar-refractivity contribution in [2.75, 3.05) is 12.4 Å². The van der Waals surface area contributed by atoms with E-state index in [4.69, 9.17) is 9.47 Å². The fourth-order valence-corrected chi connectivity index (χ4v) is 3.21. The van der Waals surface area contributed by atoms with Crippen LogP contribution in [0, 0.1) is 5.82 Å². The SMILES string of the molecule is COc1ccc(C(=O)Nc2cccc(-n3nc(OC(C)C)nc3-c3cccc(F)c3)c2)cc1. The van der Waals surface area contributed by atoms with Crippen molar-refractivity contribution < 1.29 is 18.7 Å². The molecule has 0 radical (unpaired) electrons. The number of carbonyl (C=O) groups is 1. The minimum Gasteiger partial charge on any atom is -0.497 e. The lowest BCUT2D eigenvalue weighted by molar-refractivity contribution is 0.102. The lowest BCUT2D eigenvalue weighted by Crippen LogP contribution is -2.12. The number of hydrogen-bond donors (Lipinski definition) is 1. The molecule has 0 bridgehead atoms. The summed E-state index contributed by atoms with van der Waals surface area (Å²) in [4.78, 5) is 17.1. The third-order valence-corrected chi connectivity index (χ3v) is 4.71. The number of ether oxygens (including phenoxy) is 2. The first-order chi connectivity index (χ1) is 15.9. The summed E-state index contributed by atoms with van der Waals surface area (Å²) in [5, 5.41) is 7.34. The van der Waals surface area contributed by atoms with Gasteiger partial charge in [0, 0.05) is 16.8 Å². The van der Waals surface area contributed by atoms with Gasteiger partial charge < -0.3 is 14.8 Å². The second-order valence-electron chi connectivity index (χ2n) is 7.54. The van der Waals surface area contributed by atoms with E-state index in [1.165, 1.54) is 12.1 Å². The molecule has 0 atom stereocenters. The van der Waals surface area contributed by atoms with E-state index >= 15 is 0 Å². The van der Waals surface area contributed by atoms with Gasteiger partial charge in [-0.15, -0.1) is 5.10 Å². The molecule has 0 fully saturated rings. The molecule has 0 saturated heterocycles. The summed E-state index contributed by atoms with van der Waals surface area (Å²) < 4.78 is 26.2. The molecule has 1 amide bonds. The van der Waals surface area contributed by atoms with Gasteiger partial charge in [-0.2, -0.15) is 4.98 Å². The number of benzene rings is 3. The van der Waals surface area contributed by atoms with Crippen LogP contribution >= 0.6 is 0 Å². The number of anilines is 1. The molecule has 1 N–H and O–H groups in total. The number of halogens is 1. The van der Waals surface area contributed by atoms with Gasteiger partial charge in [0.25, 0.3) is 5.91 Å². The van der Waals surface area contributed by atoms with E-state index in [-0.39, 0.29) is 23.8 Å². The van der Waals surface area contributed by atoms with Crippen LogP contribution in [-0.2, 0) is 0 Å². The number of aromatic nitrogens is 3. The molecular formula is C25H23FN4O3. The van der Waals surface area contributed by atoms with E-state index in [0.717, 1.165) is 0 Å². The number of hydrogen-bond acceptors (Lipinski definition) is 5. The molecule has 0 spiro atoms. The molecule has 0 saturated carbocycles. The lowest BCUT2D eigenvalue weighted by atomic mass is 10.2. The van der Waals surface area contributed by atoms with Crippen LogP contribution in [0.25, 0.3) is 17.1 Å². The largest absolute Gasteiger partial charge is 0.497 e. The maximum absolute atomic E-state index is 13.9. The second kappa shape index (κ2) is 9.52. The number of rotatable bonds is 7. The van der Waals surface area contributed by atoms with Gasteiger partial charge in [-0.1, -0.05) is 18.2 Å². The average Bonchev–Trinajstić information content (AvgIpc) is 3.22. The van der Waals surface area contributed by atoms with E-state index in [1.54, 1.807) is 66.4 Å². The van der Waals surface area contributed by atoms with Gasteiger partial charge in [0.2, 0.25) is 0 Å². The Morgan fingerprint density at radius 3 is 2.48 bits per heavy atom. The van der Waals surface area contributed by atoms with Crippen molar-refractivity contribution in [2.24, 2.45) is 0 Å². The fourth-order valence-electron chi connectivity index (χ4n) is 3.21. The normalized spacial score (nSPS) is 10.8. The molecule has 1 aromatic heterocycles. The van der Waals surface area contributed by atoms with Crippen molar-refractivity contribution in [1.29, 1.82) is 0 Å². The Morgan fingerprint density at radius 1 is 1.03 bits per heavy atom. The topological polar surface area (TPSA) is 78.3 Å². The zero-order valence-corrected chi connectivity index (χ0v) is 18.4. The van der Waals surface area contributed by atoms with Gasteiger partial charge >= 0.3 is 6.01 Å². The highest BCUT2D eigenvalue weighted by Gasteiger charge is 2.17. The Balaban J connectivity index is 1.67. The lowest BCUT2D eigenvalue weighted by Gasteiger charge is -2.10. The van der Waals surface area contributed by atoms with Crippen LogP contribution in [0.1, 0.15) is 24.2 Å². The van der Waals surface area contributed by atoms with Crippen LogP contribution in [0.15, 0.2) is 72.8 Å². The third kappa shape index (κ3) is 5.17. The zero-order valence-electron chi connectivity index (χ0n) is 18.4. The van der Waals surface area contributed by atoms with Crippen LogP contribution in [-0.4, -0.2) is 33.9 Å². The highest BCUT2D eigenvalue weighted by molar-refractivity contribution is 6.04. The van der Waals surface area contributed by atoms with Crippen molar-refractivity contribution >= 4 is 11.6 Å². The number of nitrogens with one attached hydrogen (secondary N) is 1. The minimum absolute atomic E-state index is 0.128. The molecule has 8 heteroatoms. The van der Waals surface area contributed by atoms with E-state index in [1.807, 2.05) is 19.9 Å². The van der Waals surface area contributed by atoms with Crippen LogP contribution in [0.2, 0.25) is 0 Å². The summed E-state index contributed by atoms with van der Waals surface area (Å²) in [6.45, 7) is 3.75. The van der Waals surface area contributed by atoms with Gasteiger partial charge in [-0.05, 0) is 68.4 Å².